The number of amides is 3. The number of nitrogens with one attached hydrogen (secondary N) is 2. The molecule has 1 saturated carbocycles. The molecular weight excluding hydrogens is 382 g/mol. The summed E-state index contributed by atoms with van der Waals surface area (Å²) in [7, 11) is 0. The van der Waals surface area contributed by atoms with E-state index in [-0.39, 0.29) is 48.1 Å². The van der Waals surface area contributed by atoms with Gasteiger partial charge in [0.1, 0.15) is 0 Å². The third-order valence-electron chi connectivity index (χ3n) is 6.64. The maximum atomic E-state index is 12.9. The van der Waals surface area contributed by atoms with Crippen LogP contribution in [0, 0.1) is 17.8 Å². The summed E-state index contributed by atoms with van der Waals surface area (Å²) in [6, 6.07) is 10.1. The molecule has 0 radical (unpaired) electrons. The first-order valence-corrected chi connectivity index (χ1v) is 11.1. The molecular formula is C23H31N3O4. The number of carbonyl (C=O) groups excluding carboxylic acids is 3. The molecule has 3 atom stereocenters. The lowest BCUT2D eigenvalue weighted by Crippen LogP contribution is -2.43. The third kappa shape index (κ3) is 5.01. The zero-order chi connectivity index (χ0) is 20.9. The highest BCUT2D eigenvalue weighted by atomic mass is 16.5. The fourth-order valence-electron chi connectivity index (χ4n) is 4.98. The Bertz CT molecular complexity index is 763. The van der Waals surface area contributed by atoms with Crippen molar-refractivity contribution >= 4 is 17.7 Å². The predicted molar refractivity (Wildman–Crippen MR) is 111 cm³/mol. The van der Waals surface area contributed by atoms with Gasteiger partial charge in [-0.1, -0.05) is 30.3 Å². The Kier molecular flexibility index (Phi) is 6.67. The standard InChI is InChI=1S/C23H31N3O4/c27-21-15-26(23(29)17-7-10-30-11-8-17)14-19-12-18(13-20(19)25-21)22(28)24-9-6-16-4-2-1-3-5-16/h1-5,17-20H,6-15H2,(H,24,28)(H,25,27). The predicted octanol–water partition coefficient (Wildman–Crippen LogP) is 1.13. The van der Waals surface area contributed by atoms with Crippen molar-refractivity contribution in [1.29, 1.82) is 0 Å². The van der Waals surface area contributed by atoms with Gasteiger partial charge in [-0.05, 0) is 43.6 Å². The maximum Gasteiger partial charge on any atom is 0.239 e. The molecule has 1 aliphatic carbocycles. The van der Waals surface area contributed by atoms with Gasteiger partial charge in [-0.25, -0.2) is 0 Å². The van der Waals surface area contributed by atoms with Crippen LogP contribution < -0.4 is 10.6 Å². The molecule has 4 rings (SSSR count). The highest BCUT2D eigenvalue weighted by Crippen LogP contribution is 2.34. The molecule has 2 N–H and O–H groups in total. The summed E-state index contributed by atoms with van der Waals surface area (Å²) in [5, 5.41) is 6.11. The Morgan fingerprint density at radius 2 is 1.87 bits per heavy atom. The van der Waals surface area contributed by atoms with Crippen molar-refractivity contribution in [3.8, 4) is 0 Å². The highest BCUT2D eigenvalue weighted by Gasteiger charge is 2.42. The quantitative estimate of drug-likeness (QED) is 0.757. The monoisotopic (exact) mass is 413 g/mol. The van der Waals surface area contributed by atoms with Crippen molar-refractivity contribution in [3.63, 3.8) is 0 Å². The number of hydrogen-bond donors (Lipinski definition) is 2. The molecule has 3 fully saturated rings. The van der Waals surface area contributed by atoms with E-state index in [0.29, 0.717) is 39.1 Å². The van der Waals surface area contributed by atoms with Crippen molar-refractivity contribution in [2.24, 2.45) is 17.8 Å². The van der Waals surface area contributed by atoms with Gasteiger partial charge in [-0.3, -0.25) is 14.4 Å². The SMILES string of the molecule is O=C1CN(C(=O)C2CCOCC2)CC2CC(C(=O)NCCc3ccccc3)CC2N1. The van der Waals surface area contributed by atoms with Crippen molar-refractivity contribution in [2.75, 3.05) is 32.8 Å². The largest absolute Gasteiger partial charge is 0.381 e. The summed E-state index contributed by atoms with van der Waals surface area (Å²) in [6.07, 6.45) is 3.60. The Morgan fingerprint density at radius 1 is 1.10 bits per heavy atom. The van der Waals surface area contributed by atoms with E-state index in [0.717, 1.165) is 19.3 Å². The first-order valence-electron chi connectivity index (χ1n) is 11.1. The van der Waals surface area contributed by atoms with Crippen molar-refractivity contribution in [2.45, 2.75) is 38.1 Å². The molecule has 2 saturated heterocycles. The minimum atomic E-state index is -0.118. The van der Waals surface area contributed by atoms with Gasteiger partial charge < -0.3 is 20.3 Å². The van der Waals surface area contributed by atoms with Crippen LogP contribution in [-0.2, 0) is 25.5 Å². The average molecular weight is 414 g/mol. The van der Waals surface area contributed by atoms with E-state index in [1.807, 2.05) is 18.2 Å². The number of fused-ring (bicyclic) bond motifs is 1. The molecule has 3 unspecified atom stereocenters. The molecule has 3 amide bonds. The summed E-state index contributed by atoms with van der Waals surface area (Å²) in [5.74, 6) is -0.0469. The summed E-state index contributed by atoms with van der Waals surface area (Å²) >= 11 is 0. The van der Waals surface area contributed by atoms with E-state index in [2.05, 4.69) is 22.8 Å². The number of carbonyl (C=O) groups is 3. The number of ether oxygens (including phenoxy) is 1. The highest BCUT2D eigenvalue weighted by molar-refractivity contribution is 5.87. The van der Waals surface area contributed by atoms with Gasteiger partial charge in [0.25, 0.3) is 0 Å². The molecule has 1 aromatic carbocycles. The topological polar surface area (TPSA) is 87.7 Å². The van der Waals surface area contributed by atoms with Crippen LogP contribution in [0.25, 0.3) is 0 Å². The van der Waals surface area contributed by atoms with E-state index in [1.165, 1.54) is 5.56 Å². The maximum absolute atomic E-state index is 12.9. The average Bonchev–Trinajstić information content (AvgIpc) is 3.09. The molecule has 0 bridgehead atoms. The number of benzene rings is 1. The van der Waals surface area contributed by atoms with Gasteiger partial charge in [0.15, 0.2) is 0 Å². The van der Waals surface area contributed by atoms with E-state index < -0.39 is 0 Å². The van der Waals surface area contributed by atoms with Gasteiger partial charge >= 0.3 is 0 Å². The van der Waals surface area contributed by atoms with Crippen LogP contribution in [0.1, 0.15) is 31.2 Å². The van der Waals surface area contributed by atoms with Gasteiger partial charge in [-0.15, -0.1) is 0 Å². The zero-order valence-electron chi connectivity index (χ0n) is 17.3. The second-order valence-corrected chi connectivity index (χ2v) is 8.73. The normalized spacial score (nSPS) is 27.1. The summed E-state index contributed by atoms with van der Waals surface area (Å²) < 4.78 is 5.36. The van der Waals surface area contributed by atoms with Crippen LogP contribution in [-0.4, -0.2) is 61.5 Å². The molecule has 2 aliphatic heterocycles. The minimum Gasteiger partial charge on any atom is -0.381 e. The Morgan fingerprint density at radius 3 is 2.63 bits per heavy atom. The fraction of sp³-hybridized carbons (Fsp3) is 0.609. The van der Waals surface area contributed by atoms with Crippen LogP contribution in [0.3, 0.4) is 0 Å². The zero-order valence-corrected chi connectivity index (χ0v) is 17.3. The Labute approximate surface area is 177 Å². The molecule has 1 aromatic rings. The van der Waals surface area contributed by atoms with E-state index in [4.69, 9.17) is 4.74 Å². The molecule has 0 aromatic heterocycles. The minimum absolute atomic E-state index is 0.0325. The second-order valence-electron chi connectivity index (χ2n) is 8.73. The van der Waals surface area contributed by atoms with Crippen molar-refractivity contribution < 1.29 is 19.1 Å². The van der Waals surface area contributed by atoms with Crippen LogP contribution in [0.15, 0.2) is 30.3 Å². The van der Waals surface area contributed by atoms with E-state index in [9.17, 15) is 14.4 Å². The van der Waals surface area contributed by atoms with Gasteiger partial charge in [0, 0.05) is 44.2 Å². The van der Waals surface area contributed by atoms with Crippen LogP contribution in [0.5, 0.6) is 0 Å². The van der Waals surface area contributed by atoms with Crippen LogP contribution in [0.4, 0.5) is 0 Å². The lowest BCUT2D eigenvalue weighted by Gasteiger charge is -2.29. The van der Waals surface area contributed by atoms with E-state index in [1.54, 1.807) is 4.90 Å². The first-order chi connectivity index (χ1) is 14.6. The second kappa shape index (κ2) is 9.60. The fourth-order valence-corrected chi connectivity index (χ4v) is 4.98. The van der Waals surface area contributed by atoms with E-state index >= 15 is 0 Å². The molecule has 30 heavy (non-hydrogen) atoms. The van der Waals surface area contributed by atoms with Crippen molar-refractivity contribution in [3.05, 3.63) is 35.9 Å². The smallest absolute Gasteiger partial charge is 0.239 e. The Balaban J connectivity index is 1.31. The molecule has 162 valence electrons. The van der Waals surface area contributed by atoms with Crippen LogP contribution in [0.2, 0.25) is 0 Å². The number of hydrogen-bond acceptors (Lipinski definition) is 4. The van der Waals surface area contributed by atoms with Crippen LogP contribution >= 0.6 is 0 Å². The summed E-state index contributed by atoms with van der Waals surface area (Å²) in [6.45, 7) is 2.49. The van der Waals surface area contributed by atoms with Crippen molar-refractivity contribution in [1.82, 2.24) is 15.5 Å². The molecule has 7 heteroatoms. The van der Waals surface area contributed by atoms with Gasteiger partial charge in [0.2, 0.25) is 17.7 Å². The molecule has 0 spiro atoms. The lowest BCUT2D eigenvalue weighted by atomic mass is 9.97. The number of nitrogens with zero attached hydrogens (tertiary/aromatic N) is 1. The Hall–Kier alpha value is -2.41. The molecule has 3 aliphatic rings. The number of rotatable bonds is 5. The van der Waals surface area contributed by atoms with Gasteiger partial charge in [-0.2, -0.15) is 0 Å². The first kappa shape index (κ1) is 20.8. The third-order valence-corrected chi connectivity index (χ3v) is 6.64. The molecule has 2 heterocycles. The van der Waals surface area contributed by atoms with Gasteiger partial charge in [0.05, 0.1) is 6.54 Å². The summed E-state index contributed by atoms with van der Waals surface area (Å²) in [4.78, 5) is 39.7. The summed E-state index contributed by atoms with van der Waals surface area (Å²) in [5.41, 5.74) is 1.20. The molecule has 7 nitrogen and oxygen atoms in total. The lowest BCUT2D eigenvalue weighted by molar-refractivity contribution is -0.141.